The predicted molar refractivity (Wildman–Crippen MR) is 132 cm³/mol. The Balaban J connectivity index is 1.42. The molecule has 0 atom stereocenters. The van der Waals surface area contributed by atoms with E-state index in [1.54, 1.807) is 18.2 Å². The minimum absolute atomic E-state index is 0.0291. The van der Waals surface area contributed by atoms with Crippen LogP contribution in [0.5, 0.6) is 0 Å². The molecule has 174 valence electrons. The summed E-state index contributed by atoms with van der Waals surface area (Å²) in [6, 6.07) is 16.4. The molecule has 8 nitrogen and oxygen atoms in total. The number of aromatic nitrogens is 2. The van der Waals surface area contributed by atoms with Gasteiger partial charge < -0.3 is 9.80 Å². The molecule has 1 aromatic heterocycles. The van der Waals surface area contributed by atoms with Crippen molar-refractivity contribution in [2.45, 2.75) is 20.3 Å². The molecular weight excluding hydrogens is 430 g/mol. The summed E-state index contributed by atoms with van der Waals surface area (Å²) in [5.41, 5.74) is 4.09. The van der Waals surface area contributed by atoms with E-state index in [2.05, 4.69) is 22.0 Å². The Morgan fingerprint density at radius 2 is 1.68 bits per heavy atom. The molecule has 0 N–H and O–H groups in total. The van der Waals surface area contributed by atoms with E-state index < -0.39 is 4.92 Å². The second-order valence-corrected chi connectivity index (χ2v) is 8.32. The van der Waals surface area contributed by atoms with Crippen molar-refractivity contribution in [1.29, 1.82) is 0 Å². The number of non-ortho nitro benzene ring substituents is 1. The Labute approximate surface area is 198 Å². The van der Waals surface area contributed by atoms with Crippen LogP contribution in [0.2, 0.25) is 0 Å². The number of carbonyl (C=O) groups excluding carboxylic acids is 1. The Bertz CT molecular complexity index is 1200. The molecule has 0 bridgehead atoms. The minimum atomic E-state index is -0.440. The Morgan fingerprint density at radius 3 is 2.32 bits per heavy atom. The van der Waals surface area contributed by atoms with E-state index in [9.17, 15) is 14.9 Å². The second-order valence-electron chi connectivity index (χ2n) is 8.32. The van der Waals surface area contributed by atoms with E-state index in [0.29, 0.717) is 26.2 Å². The highest BCUT2D eigenvalue weighted by atomic mass is 16.6. The first kappa shape index (κ1) is 23.1. The van der Waals surface area contributed by atoms with Crippen LogP contribution in [0.25, 0.3) is 6.08 Å². The summed E-state index contributed by atoms with van der Waals surface area (Å²) < 4.78 is 0. The van der Waals surface area contributed by atoms with Gasteiger partial charge in [-0.3, -0.25) is 14.9 Å². The van der Waals surface area contributed by atoms with Gasteiger partial charge in [0.15, 0.2) is 0 Å². The van der Waals surface area contributed by atoms with Crippen LogP contribution in [-0.2, 0) is 11.2 Å². The van der Waals surface area contributed by atoms with Gasteiger partial charge in [0.1, 0.15) is 11.6 Å². The molecule has 1 saturated heterocycles. The van der Waals surface area contributed by atoms with Crippen molar-refractivity contribution in [1.82, 2.24) is 14.9 Å². The summed E-state index contributed by atoms with van der Waals surface area (Å²) in [4.78, 5) is 36.4. The maximum Gasteiger partial charge on any atom is 0.269 e. The van der Waals surface area contributed by atoms with Crippen molar-refractivity contribution >= 4 is 23.5 Å². The SMILES string of the molecule is Cc1nc(C)c(Cc2ccccc2)c(N2CCN(C(=O)C=Cc3ccc([N+](=O)[O-])cc3)CC2)n1. The molecular formula is C26H27N5O3. The van der Waals surface area contributed by atoms with Crippen LogP contribution < -0.4 is 4.90 Å². The third-order valence-electron chi connectivity index (χ3n) is 5.94. The zero-order valence-corrected chi connectivity index (χ0v) is 19.3. The number of nitrogens with zero attached hydrogens (tertiary/aromatic N) is 5. The number of anilines is 1. The molecule has 3 aromatic rings. The predicted octanol–water partition coefficient (Wildman–Crippen LogP) is 3.95. The topological polar surface area (TPSA) is 92.5 Å². The second kappa shape index (κ2) is 10.2. The number of amides is 1. The van der Waals surface area contributed by atoms with E-state index in [0.717, 1.165) is 34.9 Å². The first-order valence-electron chi connectivity index (χ1n) is 11.2. The zero-order valence-electron chi connectivity index (χ0n) is 19.3. The normalized spacial score (nSPS) is 13.9. The van der Waals surface area contributed by atoms with Gasteiger partial charge in [-0.15, -0.1) is 0 Å². The summed E-state index contributed by atoms with van der Waals surface area (Å²) in [6.07, 6.45) is 3.98. The third-order valence-corrected chi connectivity index (χ3v) is 5.94. The highest BCUT2D eigenvalue weighted by Gasteiger charge is 2.24. The standard InChI is InChI=1S/C26H27N5O3/c1-19-24(18-22-6-4-3-5-7-22)26(28-20(2)27-19)30-16-14-29(15-17-30)25(32)13-10-21-8-11-23(12-9-21)31(33)34/h3-13H,14-18H2,1-2H3. The average Bonchev–Trinajstić information content (AvgIpc) is 2.85. The number of benzene rings is 2. The molecule has 1 aliphatic rings. The number of hydrogen-bond acceptors (Lipinski definition) is 6. The summed E-state index contributed by atoms with van der Waals surface area (Å²) in [6.45, 7) is 6.50. The zero-order chi connectivity index (χ0) is 24.1. The average molecular weight is 458 g/mol. The van der Waals surface area contributed by atoms with Crippen molar-refractivity contribution in [2.24, 2.45) is 0 Å². The molecule has 4 rings (SSSR count). The lowest BCUT2D eigenvalue weighted by molar-refractivity contribution is -0.384. The van der Waals surface area contributed by atoms with Crippen LogP contribution in [-0.4, -0.2) is 51.9 Å². The van der Waals surface area contributed by atoms with Gasteiger partial charge in [-0.1, -0.05) is 30.3 Å². The third kappa shape index (κ3) is 5.46. The van der Waals surface area contributed by atoms with E-state index >= 15 is 0 Å². The monoisotopic (exact) mass is 457 g/mol. The van der Waals surface area contributed by atoms with Gasteiger partial charge in [0.2, 0.25) is 5.91 Å². The molecule has 2 aromatic carbocycles. The van der Waals surface area contributed by atoms with Crippen LogP contribution in [0, 0.1) is 24.0 Å². The van der Waals surface area contributed by atoms with Crippen LogP contribution in [0.4, 0.5) is 11.5 Å². The fourth-order valence-electron chi connectivity index (χ4n) is 4.10. The maximum absolute atomic E-state index is 12.7. The largest absolute Gasteiger partial charge is 0.353 e. The summed E-state index contributed by atoms with van der Waals surface area (Å²) in [7, 11) is 0. The van der Waals surface area contributed by atoms with Crippen molar-refractivity contribution in [2.75, 3.05) is 31.1 Å². The summed E-state index contributed by atoms with van der Waals surface area (Å²) in [5.74, 6) is 1.62. The van der Waals surface area contributed by atoms with E-state index in [-0.39, 0.29) is 11.6 Å². The van der Waals surface area contributed by atoms with Crippen molar-refractivity contribution in [3.63, 3.8) is 0 Å². The number of piperazine rings is 1. The smallest absolute Gasteiger partial charge is 0.269 e. The van der Waals surface area contributed by atoms with Gasteiger partial charge in [0, 0.05) is 62.1 Å². The Kier molecular flexibility index (Phi) is 6.96. The van der Waals surface area contributed by atoms with Gasteiger partial charge in [-0.05, 0) is 43.2 Å². The summed E-state index contributed by atoms with van der Waals surface area (Å²) in [5, 5.41) is 10.8. The van der Waals surface area contributed by atoms with Gasteiger partial charge in [0.05, 0.1) is 4.92 Å². The number of nitro benzene ring substituents is 1. The molecule has 0 aliphatic carbocycles. The molecule has 1 aliphatic heterocycles. The van der Waals surface area contributed by atoms with Crippen molar-refractivity contribution in [3.8, 4) is 0 Å². The van der Waals surface area contributed by atoms with Crippen LogP contribution in [0.3, 0.4) is 0 Å². The van der Waals surface area contributed by atoms with E-state index in [1.165, 1.54) is 23.8 Å². The molecule has 2 heterocycles. The fourth-order valence-corrected chi connectivity index (χ4v) is 4.10. The van der Waals surface area contributed by atoms with Gasteiger partial charge in [0.25, 0.3) is 5.69 Å². The number of nitro groups is 1. The molecule has 0 radical (unpaired) electrons. The number of hydrogen-bond donors (Lipinski definition) is 0. The lowest BCUT2D eigenvalue weighted by Gasteiger charge is -2.36. The van der Waals surface area contributed by atoms with Gasteiger partial charge in [-0.25, -0.2) is 9.97 Å². The van der Waals surface area contributed by atoms with E-state index in [4.69, 9.17) is 4.98 Å². The van der Waals surface area contributed by atoms with Crippen molar-refractivity contribution in [3.05, 3.63) is 99.0 Å². The van der Waals surface area contributed by atoms with Crippen molar-refractivity contribution < 1.29 is 9.72 Å². The maximum atomic E-state index is 12.7. The van der Waals surface area contributed by atoms with Gasteiger partial charge in [-0.2, -0.15) is 0 Å². The quantitative estimate of drug-likeness (QED) is 0.316. The minimum Gasteiger partial charge on any atom is -0.353 e. The number of aryl methyl sites for hydroxylation is 2. The highest BCUT2D eigenvalue weighted by Crippen LogP contribution is 2.25. The lowest BCUT2D eigenvalue weighted by Crippen LogP contribution is -2.49. The fraction of sp³-hybridized carbons (Fsp3) is 0.269. The van der Waals surface area contributed by atoms with Crippen LogP contribution in [0.1, 0.15) is 28.2 Å². The molecule has 1 amide bonds. The highest BCUT2D eigenvalue weighted by molar-refractivity contribution is 5.92. The van der Waals surface area contributed by atoms with Crippen LogP contribution >= 0.6 is 0 Å². The Hall–Kier alpha value is -4.07. The molecule has 34 heavy (non-hydrogen) atoms. The molecule has 0 spiro atoms. The Morgan fingerprint density at radius 1 is 1.00 bits per heavy atom. The molecule has 0 unspecified atom stereocenters. The number of carbonyl (C=O) groups is 1. The summed E-state index contributed by atoms with van der Waals surface area (Å²) >= 11 is 0. The van der Waals surface area contributed by atoms with Gasteiger partial charge >= 0.3 is 0 Å². The first-order valence-corrected chi connectivity index (χ1v) is 11.2. The first-order chi connectivity index (χ1) is 16.4. The molecule has 0 saturated carbocycles. The lowest BCUT2D eigenvalue weighted by atomic mass is 10.0. The number of rotatable bonds is 6. The van der Waals surface area contributed by atoms with Crippen LogP contribution in [0.15, 0.2) is 60.7 Å². The van der Waals surface area contributed by atoms with E-state index in [1.807, 2.05) is 36.9 Å². The molecule has 8 heteroatoms. The molecule has 1 fully saturated rings.